The number of hydrogen-bond donors (Lipinski definition) is 1. The monoisotopic (exact) mass is 375 g/mol. The highest BCUT2D eigenvalue weighted by molar-refractivity contribution is 7.90. The minimum absolute atomic E-state index is 0.313. The van der Waals surface area contributed by atoms with E-state index in [1.165, 1.54) is 0 Å². The molecule has 7 nitrogen and oxygen atoms in total. The van der Waals surface area contributed by atoms with Crippen LogP contribution in [-0.2, 0) is 29.5 Å². The molecule has 0 fully saturated rings. The first-order chi connectivity index (χ1) is 12.4. The van der Waals surface area contributed by atoms with Gasteiger partial charge >= 0.3 is 0 Å². The number of aliphatic hydroxyl groups is 1. The van der Waals surface area contributed by atoms with Crippen LogP contribution in [0.2, 0.25) is 0 Å². The molecule has 0 saturated carbocycles. The molecule has 0 spiro atoms. The van der Waals surface area contributed by atoms with Crippen LogP contribution in [0, 0.1) is 0 Å². The zero-order valence-corrected chi connectivity index (χ0v) is 15.3. The minimum atomic E-state index is -3.26. The number of benzene rings is 1. The maximum atomic E-state index is 11.4. The average Bonchev–Trinajstić information content (AvgIpc) is 3.15. The number of fused-ring (bicyclic) bond motifs is 2. The Kier molecular flexibility index (Phi) is 4.34. The molecule has 0 aliphatic carbocycles. The summed E-state index contributed by atoms with van der Waals surface area (Å²) in [6.45, 7) is 2.88. The van der Waals surface area contributed by atoms with Gasteiger partial charge < -0.3 is 9.52 Å². The van der Waals surface area contributed by atoms with Gasteiger partial charge in [0.15, 0.2) is 0 Å². The molecule has 0 amide bonds. The second-order valence-corrected chi connectivity index (χ2v) is 9.04. The third-order valence-electron chi connectivity index (χ3n) is 4.55. The van der Waals surface area contributed by atoms with Crippen molar-refractivity contribution in [1.29, 1.82) is 0 Å². The van der Waals surface area contributed by atoms with Crippen molar-refractivity contribution in [2.45, 2.75) is 25.7 Å². The summed E-state index contributed by atoms with van der Waals surface area (Å²) in [4.78, 5) is 2.25. The summed E-state index contributed by atoms with van der Waals surface area (Å²) < 4.78 is 30.5. The average molecular weight is 375 g/mol. The smallest absolute Gasteiger partial charge is 0.150 e. The molecule has 1 atom stereocenters. The van der Waals surface area contributed by atoms with E-state index in [2.05, 4.69) is 16.1 Å². The van der Waals surface area contributed by atoms with Crippen molar-refractivity contribution in [1.82, 2.24) is 14.7 Å². The van der Waals surface area contributed by atoms with Crippen LogP contribution in [0.4, 0.5) is 0 Å². The summed E-state index contributed by atoms with van der Waals surface area (Å²) in [6.07, 6.45) is 0.0216. The molecule has 0 unspecified atom stereocenters. The summed E-state index contributed by atoms with van der Waals surface area (Å²) in [5.41, 5.74) is 2.27. The second kappa shape index (κ2) is 6.53. The number of rotatable bonds is 5. The minimum Gasteiger partial charge on any atom is -0.460 e. The lowest BCUT2D eigenvalue weighted by Gasteiger charge is -2.26. The Hall–Kier alpha value is -2.16. The highest BCUT2D eigenvalue weighted by Crippen LogP contribution is 2.23. The van der Waals surface area contributed by atoms with Crippen molar-refractivity contribution < 1.29 is 17.9 Å². The van der Waals surface area contributed by atoms with Crippen molar-refractivity contribution >= 4 is 20.8 Å². The molecule has 0 radical (unpaired) electrons. The van der Waals surface area contributed by atoms with E-state index in [4.69, 9.17) is 4.42 Å². The van der Waals surface area contributed by atoms with Gasteiger partial charge in [0.2, 0.25) is 0 Å². The molecule has 1 aromatic carbocycles. The Balaban J connectivity index is 1.47. The highest BCUT2D eigenvalue weighted by atomic mass is 32.2. The number of nitrogens with zero attached hydrogens (tertiary/aromatic N) is 3. The molecule has 1 aliphatic heterocycles. The van der Waals surface area contributed by atoms with E-state index >= 15 is 0 Å². The fraction of sp³-hybridized carbons (Fsp3) is 0.389. The Morgan fingerprint density at radius 2 is 2.08 bits per heavy atom. The highest BCUT2D eigenvalue weighted by Gasteiger charge is 2.23. The molecule has 4 rings (SSSR count). The Morgan fingerprint density at radius 1 is 1.27 bits per heavy atom. The van der Waals surface area contributed by atoms with E-state index in [9.17, 15) is 13.5 Å². The molecular weight excluding hydrogens is 354 g/mol. The van der Waals surface area contributed by atoms with E-state index in [0.717, 1.165) is 35.2 Å². The molecule has 26 heavy (non-hydrogen) atoms. The number of furan rings is 1. The number of hydrogen-bond acceptors (Lipinski definition) is 6. The lowest BCUT2D eigenvalue weighted by Crippen LogP contribution is -2.33. The maximum Gasteiger partial charge on any atom is 0.150 e. The van der Waals surface area contributed by atoms with Crippen LogP contribution in [0.5, 0.6) is 0 Å². The topological polar surface area (TPSA) is 88.6 Å². The van der Waals surface area contributed by atoms with Crippen LogP contribution >= 0.6 is 0 Å². The van der Waals surface area contributed by atoms with E-state index in [-0.39, 0.29) is 5.75 Å². The van der Waals surface area contributed by atoms with Gasteiger partial charge in [0.05, 0.1) is 30.2 Å². The first kappa shape index (κ1) is 17.3. The lowest BCUT2D eigenvalue weighted by atomic mass is 10.2. The van der Waals surface area contributed by atoms with E-state index in [1.54, 1.807) is 6.07 Å². The zero-order chi connectivity index (χ0) is 18.3. The Bertz CT molecular complexity index is 1000. The van der Waals surface area contributed by atoms with Crippen molar-refractivity contribution in [3.63, 3.8) is 0 Å². The zero-order valence-electron chi connectivity index (χ0n) is 14.5. The largest absolute Gasteiger partial charge is 0.460 e. The summed E-state index contributed by atoms with van der Waals surface area (Å²) in [5.74, 6) is 0.600. The molecule has 0 bridgehead atoms. The van der Waals surface area contributed by atoms with Gasteiger partial charge in [0.25, 0.3) is 0 Å². The van der Waals surface area contributed by atoms with Gasteiger partial charge in [-0.05, 0) is 18.2 Å². The Morgan fingerprint density at radius 3 is 2.85 bits per heavy atom. The predicted molar refractivity (Wildman–Crippen MR) is 97.2 cm³/mol. The van der Waals surface area contributed by atoms with Gasteiger partial charge in [0.1, 0.15) is 27.3 Å². The van der Waals surface area contributed by atoms with Crippen LogP contribution in [-0.4, -0.2) is 46.8 Å². The quantitative estimate of drug-likeness (QED) is 0.731. The fourth-order valence-electron chi connectivity index (χ4n) is 3.35. The normalized spacial score (nSPS) is 16.7. The molecular formula is C18H21N3O4S. The number of aliphatic hydroxyl groups excluding tert-OH is 1. The fourth-order valence-corrected chi connectivity index (χ4v) is 4.09. The standard InChI is InChI=1S/C18H21N3O4S/c1-26(23,24)12-17(22)16-9-14-10-20(6-7-21(14)19-16)11-15-8-13-4-2-3-5-18(13)25-15/h2-5,8-9,17,22H,6-7,10-12H2,1H3/t17-/m0/s1. The van der Waals surface area contributed by atoms with Crippen molar-refractivity contribution in [2.75, 3.05) is 18.6 Å². The molecule has 0 saturated heterocycles. The van der Waals surface area contributed by atoms with E-state index in [0.29, 0.717) is 25.3 Å². The summed E-state index contributed by atoms with van der Waals surface area (Å²) in [7, 11) is -3.26. The number of aromatic nitrogens is 2. The molecule has 1 aliphatic rings. The molecule has 2 aromatic heterocycles. The van der Waals surface area contributed by atoms with Crippen LogP contribution in [0.25, 0.3) is 11.0 Å². The van der Waals surface area contributed by atoms with Crippen molar-refractivity contribution in [2.24, 2.45) is 0 Å². The summed E-state index contributed by atoms with van der Waals surface area (Å²) in [5, 5.41) is 15.6. The number of sulfone groups is 1. The Labute approximate surface area is 151 Å². The molecule has 8 heteroatoms. The maximum absolute atomic E-state index is 11.4. The molecule has 3 aromatic rings. The predicted octanol–water partition coefficient (Wildman–Crippen LogP) is 1.72. The van der Waals surface area contributed by atoms with Crippen LogP contribution in [0.15, 0.2) is 40.8 Å². The van der Waals surface area contributed by atoms with Gasteiger partial charge in [-0.3, -0.25) is 9.58 Å². The van der Waals surface area contributed by atoms with E-state index < -0.39 is 15.9 Å². The van der Waals surface area contributed by atoms with Gasteiger partial charge in [-0.25, -0.2) is 8.42 Å². The van der Waals surface area contributed by atoms with E-state index in [1.807, 2.05) is 28.9 Å². The van der Waals surface area contributed by atoms with Crippen LogP contribution < -0.4 is 0 Å². The first-order valence-electron chi connectivity index (χ1n) is 8.49. The van der Waals surface area contributed by atoms with Crippen molar-refractivity contribution in [3.05, 3.63) is 53.5 Å². The molecule has 138 valence electrons. The summed E-state index contributed by atoms with van der Waals surface area (Å²) in [6, 6.07) is 11.8. The third kappa shape index (κ3) is 3.67. The molecule has 1 N–H and O–H groups in total. The van der Waals surface area contributed by atoms with Gasteiger partial charge in [-0.2, -0.15) is 5.10 Å². The first-order valence-corrected chi connectivity index (χ1v) is 10.6. The van der Waals surface area contributed by atoms with Crippen LogP contribution in [0.3, 0.4) is 0 Å². The summed E-state index contributed by atoms with van der Waals surface area (Å²) >= 11 is 0. The molecule has 3 heterocycles. The van der Waals surface area contributed by atoms with Crippen LogP contribution in [0.1, 0.15) is 23.3 Å². The third-order valence-corrected chi connectivity index (χ3v) is 5.48. The van der Waals surface area contributed by atoms with Gasteiger partial charge in [-0.15, -0.1) is 0 Å². The lowest BCUT2D eigenvalue weighted by molar-refractivity contribution is 0.186. The van der Waals surface area contributed by atoms with Crippen molar-refractivity contribution in [3.8, 4) is 0 Å². The second-order valence-electron chi connectivity index (χ2n) is 6.85. The van der Waals surface area contributed by atoms with Gasteiger partial charge in [-0.1, -0.05) is 18.2 Å². The van der Waals surface area contributed by atoms with Gasteiger partial charge in [0, 0.05) is 24.7 Å². The SMILES string of the molecule is CS(=O)(=O)C[C@H](O)c1cc2n(n1)CCN(Cc1cc3ccccc3o1)C2. The number of para-hydroxylation sites is 1.